The average molecular weight is 354 g/mol. The highest BCUT2D eigenvalue weighted by Crippen LogP contribution is 2.23. The van der Waals surface area contributed by atoms with Gasteiger partial charge >= 0.3 is 0 Å². The molecular weight excluding hydrogens is 341 g/mol. The molecule has 0 fully saturated rings. The lowest BCUT2D eigenvalue weighted by Crippen LogP contribution is -2.23. The molecule has 0 heterocycles. The van der Waals surface area contributed by atoms with Gasteiger partial charge in [0.05, 0.1) is 16.3 Å². The second kappa shape index (κ2) is 7.98. The molecule has 7 heteroatoms. The third-order valence-electron chi connectivity index (χ3n) is 2.66. The molecule has 4 nitrogen and oxygen atoms in total. The van der Waals surface area contributed by atoms with Crippen LogP contribution in [0.1, 0.15) is 11.1 Å². The van der Waals surface area contributed by atoms with Gasteiger partial charge in [0, 0.05) is 0 Å². The Morgan fingerprint density at radius 2 is 1.91 bits per heavy atom. The largest absolute Gasteiger partial charge is 0.489 e. The zero-order chi connectivity index (χ0) is 15.9. The number of ether oxygens (including phenoxy) is 1. The number of nitrogens with zero attached hydrogens (tertiary/aromatic N) is 1. The Hall–Kier alpha value is -1.82. The van der Waals surface area contributed by atoms with E-state index in [2.05, 4.69) is 22.7 Å². The van der Waals surface area contributed by atoms with Crippen molar-refractivity contribution in [1.82, 2.24) is 5.43 Å². The van der Waals surface area contributed by atoms with Crippen molar-refractivity contribution in [3.05, 3.63) is 63.6 Å². The van der Waals surface area contributed by atoms with Gasteiger partial charge in [-0.25, -0.2) is 0 Å². The molecule has 0 aliphatic rings. The average Bonchev–Trinajstić information content (AvgIpc) is 2.49. The molecule has 0 bridgehead atoms. The molecule has 0 saturated heterocycles. The summed E-state index contributed by atoms with van der Waals surface area (Å²) in [6, 6.07) is 12.8. The fourth-order valence-electron chi connectivity index (χ4n) is 1.62. The maximum atomic E-state index is 5.96. The van der Waals surface area contributed by atoms with Gasteiger partial charge in [-0.2, -0.15) is 5.10 Å². The summed E-state index contributed by atoms with van der Waals surface area (Å²) >= 11 is 16.5. The number of rotatable bonds is 5. The normalized spacial score (nSPS) is 10.6. The van der Waals surface area contributed by atoms with Gasteiger partial charge in [-0.1, -0.05) is 29.3 Å². The molecule has 3 N–H and O–H groups in total. The van der Waals surface area contributed by atoms with E-state index in [0.29, 0.717) is 16.7 Å². The maximum absolute atomic E-state index is 5.96. The Balaban J connectivity index is 1.92. The molecule has 0 spiro atoms. The fraction of sp³-hybridized carbons (Fsp3) is 0.0667. The Bertz CT molecular complexity index is 690. The van der Waals surface area contributed by atoms with Gasteiger partial charge in [0.15, 0.2) is 5.11 Å². The van der Waals surface area contributed by atoms with E-state index in [-0.39, 0.29) is 5.11 Å². The molecule has 0 saturated carbocycles. The molecule has 0 radical (unpaired) electrons. The van der Waals surface area contributed by atoms with E-state index in [9.17, 15) is 0 Å². The van der Waals surface area contributed by atoms with Gasteiger partial charge in [0.2, 0.25) is 0 Å². The highest BCUT2D eigenvalue weighted by molar-refractivity contribution is 7.80. The number of benzene rings is 2. The van der Waals surface area contributed by atoms with E-state index in [1.54, 1.807) is 18.3 Å². The molecule has 22 heavy (non-hydrogen) atoms. The molecule has 2 aromatic carbocycles. The lowest BCUT2D eigenvalue weighted by atomic mass is 10.2. The van der Waals surface area contributed by atoms with Crippen molar-refractivity contribution in [3.63, 3.8) is 0 Å². The zero-order valence-corrected chi connectivity index (χ0v) is 13.8. The molecular formula is C15H13Cl2N3OS. The van der Waals surface area contributed by atoms with Crippen LogP contribution in [0.2, 0.25) is 10.0 Å². The maximum Gasteiger partial charge on any atom is 0.184 e. The van der Waals surface area contributed by atoms with Crippen molar-refractivity contribution in [2.75, 3.05) is 0 Å². The summed E-state index contributed by atoms with van der Waals surface area (Å²) in [5.41, 5.74) is 9.59. The zero-order valence-electron chi connectivity index (χ0n) is 11.4. The van der Waals surface area contributed by atoms with Gasteiger partial charge in [-0.3, -0.25) is 5.43 Å². The van der Waals surface area contributed by atoms with Crippen LogP contribution in [-0.2, 0) is 6.61 Å². The number of halogens is 2. The van der Waals surface area contributed by atoms with Gasteiger partial charge in [-0.15, -0.1) is 0 Å². The minimum Gasteiger partial charge on any atom is -0.489 e. The van der Waals surface area contributed by atoms with Crippen LogP contribution in [0.5, 0.6) is 5.75 Å². The Kier molecular flexibility index (Phi) is 6.00. The van der Waals surface area contributed by atoms with E-state index >= 15 is 0 Å². The molecule has 2 rings (SSSR count). The van der Waals surface area contributed by atoms with Crippen LogP contribution in [0.25, 0.3) is 0 Å². The van der Waals surface area contributed by atoms with Gasteiger partial charge in [-0.05, 0) is 59.7 Å². The lowest BCUT2D eigenvalue weighted by molar-refractivity contribution is 0.306. The number of nitrogens with one attached hydrogen (secondary N) is 1. The summed E-state index contributed by atoms with van der Waals surface area (Å²) in [7, 11) is 0. The SMILES string of the molecule is NC(=S)N/N=C\c1ccc(OCc2ccc(Cl)c(Cl)c2)cc1. The first-order valence-electron chi connectivity index (χ1n) is 6.30. The van der Waals surface area contributed by atoms with Crippen molar-refractivity contribution < 1.29 is 4.74 Å². The molecule has 2 aromatic rings. The lowest BCUT2D eigenvalue weighted by Gasteiger charge is -2.07. The third kappa shape index (κ3) is 5.18. The van der Waals surface area contributed by atoms with Crippen molar-refractivity contribution in [2.45, 2.75) is 6.61 Å². The highest BCUT2D eigenvalue weighted by Gasteiger charge is 2.01. The number of hydrogen-bond acceptors (Lipinski definition) is 3. The number of thiocarbonyl (C=S) groups is 1. The molecule has 0 atom stereocenters. The van der Waals surface area contributed by atoms with Crippen LogP contribution in [0.3, 0.4) is 0 Å². The molecule has 0 aliphatic carbocycles. The first-order valence-corrected chi connectivity index (χ1v) is 7.46. The summed E-state index contributed by atoms with van der Waals surface area (Å²) in [6.07, 6.45) is 1.61. The van der Waals surface area contributed by atoms with E-state index in [1.807, 2.05) is 30.3 Å². The predicted molar refractivity (Wildman–Crippen MR) is 94.8 cm³/mol. The van der Waals surface area contributed by atoms with Crippen LogP contribution in [0.4, 0.5) is 0 Å². The van der Waals surface area contributed by atoms with Crippen LogP contribution < -0.4 is 15.9 Å². The summed E-state index contributed by atoms with van der Waals surface area (Å²) in [6.45, 7) is 0.410. The Morgan fingerprint density at radius 3 is 2.55 bits per heavy atom. The molecule has 0 amide bonds. The first-order chi connectivity index (χ1) is 10.5. The topological polar surface area (TPSA) is 59.6 Å². The van der Waals surface area contributed by atoms with E-state index in [1.165, 1.54) is 0 Å². The predicted octanol–water partition coefficient (Wildman–Crippen LogP) is 3.74. The van der Waals surface area contributed by atoms with Crippen LogP contribution in [0, 0.1) is 0 Å². The second-order valence-corrected chi connectivity index (χ2v) is 5.59. The van der Waals surface area contributed by atoms with E-state index in [4.69, 9.17) is 33.7 Å². The highest BCUT2D eigenvalue weighted by atomic mass is 35.5. The molecule has 114 valence electrons. The molecule has 0 unspecified atom stereocenters. The Labute approximate surface area is 143 Å². The summed E-state index contributed by atoms with van der Waals surface area (Å²) in [4.78, 5) is 0. The van der Waals surface area contributed by atoms with Crippen LogP contribution in [0.15, 0.2) is 47.6 Å². The monoisotopic (exact) mass is 353 g/mol. The van der Waals surface area contributed by atoms with Gasteiger partial charge in [0.25, 0.3) is 0 Å². The van der Waals surface area contributed by atoms with Crippen molar-refractivity contribution in [2.24, 2.45) is 10.8 Å². The standard InChI is InChI=1S/C15H13Cl2N3OS/c16-13-6-3-11(7-14(13)17)9-21-12-4-1-10(2-5-12)8-19-20-15(18)22/h1-8H,9H2,(H3,18,20,22)/b19-8-. The molecule has 0 aliphatic heterocycles. The number of hydrazone groups is 1. The minimum absolute atomic E-state index is 0.123. The smallest absolute Gasteiger partial charge is 0.184 e. The number of nitrogens with two attached hydrogens (primary N) is 1. The summed E-state index contributed by atoms with van der Waals surface area (Å²) < 4.78 is 5.68. The van der Waals surface area contributed by atoms with E-state index < -0.39 is 0 Å². The summed E-state index contributed by atoms with van der Waals surface area (Å²) in [5.74, 6) is 0.741. The summed E-state index contributed by atoms with van der Waals surface area (Å²) in [5, 5.41) is 5.04. The van der Waals surface area contributed by atoms with Crippen molar-refractivity contribution >= 4 is 46.7 Å². The van der Waals surface area contributed by atoms with Crippen molar-refractivity contribution in [3.8, 4) is 5.75 Å². The third-order valence-corrected chi connectivity index (χ3v) is 3.49. The molecule has 0 aromatic heterocycles. The van der Waals surface area contributed by atoms with E-state index in [0.717, 1.165) is 16.9 Å². The Morgan fingerprint density at radius 1 is 1.18 bits per heavy atom. The number of hydrogen-bond donors (Lipinski definition) is 2. The van der Waals surface area contributed by atoms with Crippen LogP contribution in [-0.4, -0.2) is 11.3 Å². The second-order valence-electron chi connectivity index (χ2n) is 4.34. The van der Waals surface area contributed by atoms with Crippen molar-refractivity contribution in [1.29, 1.82) is 0 Å². The quantitative estimate of drug-likeness (QED) is 0.488. The first kappa shape index (κ1) is 16.5. The minimum atomic E-state index is 0.123. The van der Waals surface area contributed by atoms with Crippen LogP contribution >= 0.6 is 35.4 Å². The van der Waals surface area contributed by atoms with Gasteiger partial charge in [0.1, 0.15) is 12.4 Å². The fourth-order valence-corrected chi connectivity index (χ4v) is 1.99. The van der Waals surface area contributed by atoms with Gasteiger partial charge < -0.3 is 10.5 Å².